The summed E-state index contributed by atoms with van der Waals surface area (Å²) in [4.78, 5) is 5.68. The first-order valence-corrected chi connectivity index (χ1v) is 8.07. The molecule has 1 aliphatic rings. The van der Waals surface area contributed by atoms with E-state index >= 15 is 0 Å². The Bertz CT molecular complexity index is 651. The molecule has 1 N–H and O–H groups in total. The van der Waals surface area contributed by atoms with Crippen LogP contribution in [0.3, 0.4) is 0 Å². The Labute approximate surface area is 128 Å². The number of benzene rings is 1. The van der Waals surface area contributed by atoms with E-state index in [0.29, 0.717) is 5.56 Å². The number of ether oxygens (including phenoxy) is 1. The van der Waals surface area contributed by atoms with Gasteiger partial charge in [-0.05, 0) is 35.9 Å². The monoisotopic (exact) mass is 299 g/mol. The minimum atomic E-state index is 0.715. The second-order valence-corrected chi connectivity index (χ2v) is 6.11. The first-order chi connectivity index (χ1) is 10.3. The molecule has 4 nitrogen and oxygen atoms in total. The van der Waals surface area contributed by atoms with Gasteiger partial charge in [0, 0.05) is 30.3 Å². The quantitative estimate of drug-likeness (QED) is 0.946. The number of H-pyrrole nitrogens is 1. The number of aromatic amines is 1. The third kappa shape index (κ3) is 2.86. The number of nitrogens with zero attached hydrogens (tertiary/aromatic N) is 2. The summed E-state index contributed by atoms with van der Waals surface area (Å²) < 4.78 is 5.18. The Hall–Kier alpha value is -2.06. The van der Waals surface area contributed by atoms with Gasteiger partial charge in [-0.25, -0.2) is 0 Å². The van der Waals surface area contributed by atoms with Crippen molar-refractivity contribution in [1.82, 2.24) is 4.98 Å². The van der Waals surface area contributed by atoms with E-state index in [2.05, 4.69) is 16.0 Å². The maximum atomic E-state index is 9.37. The Morgan fingerprint density at radius 1 is 1.24 bits per heavy atom. The van der Waals surface area contributed by atoms with Crippen molar-refractivity contribution >= 4 is 17.6 Å². The smallest absolute Gasteiger partial charge is 0.124 e. The molecule has 0 bridgehead atoms. The second kappa shape index (κ2) is 6.15. The highest BCUT2D eigenvalue weighted by molar-refractivity contribution is 7.99. The maximum absolute atomic E-state index is 9.37. The average Bonchev–Trinajstić information content (AvgIpc) is 3.00. The normalized spacial score (nSPS) is 14.8. The maximum Gasteiger partial charge on any atom is 0.124 e. The van der Waals surface area contributed by atoms with Gasteiger partial charge < -0.3 is 14.6 Å². The van der Waals surface area contributed by atoms with E-state index in [-0.39, 0.29) is 0 Å². The minimum Gasteiger partial charge on any atom is -0.497 e. The Morgan fingerprint density at radius 2 is 1.95 bits per heavy atom. The first kappa shape index (κ1) is 13.9. The van der Waals surface area contributed by atoms with Crippen LogP contribution in [0.4, 0.5) is 5.82 Å². The van der Waals surface area contributed by atoms with E-state index in [4.69, 9.17) is 4.74 Å². The highest BCUT2D eigenvalue weighted by Crippen LogP contribution is 2.29. The van der Waals surface area contributed by atoms with Crippen LogP contribution in [0.15, 0.2) is 30.3 Å². The largest absolute Gasteiger partial charge is 0.497 e. The van der Waals surface area contributed by atoms with Crippen LogP contribution in [-0.4, -0.2) is 36.7 Å². The van der Waals surface area contributed by atoms with Gasteiger partial charge in [0.15, 0.2) is 0 Å². The summed E-state index contributed by atoms with van der Waals surface area (Å²) in [5.41, 5.74) is 2.75. The fraction of sp³-hybridized carbons (Fsp3) is 0.312. The predicted molar refractivity (Wildman–Crippen MR) is 87.0 cm³/mol. The Kier molecular flexibility index (Phi) is 4.07. The molecule has 1 aliphatic heterocycles. The molecule has 1 aromatic heterocycles. The zero-order valence-electron chi connectivity index (χ0n) is 11.9. The van der Waals surface area contributed by atoms with Crippen LogP contribution in [0.1, 0.15) is 5.56 Å². The summed E-state index contributed by atoms with van der Waals surface area (Å²) in [5.74, 6) is 4.01. The number of nitriles is 1. The van der Waals surface area contributed by atoms with Gasteiger partial charge in [0.25, 0.3) is 0 Å². The van der Waals surface area contributed by atoms with Crippen molar-refractivity contribution in [3.05, 3.63) is 35.9 Å². The number of nitrogens with one attached hydrogen (secondary N) is 1. The molecule has 108 valence electrons. The molecule has 0 atom stereocenters. The summed E-state index contributed by atoms with van der Waals surface area (Å²) in [6.45, 7) is 1.98. The van der Waals surface area contributed by atoms with E-state index < -0.39 is 0 Å². The lowest BCUT2D eigenvalue weighted by Gasteiger charge is -2.27. The van der Waals surface area contributed by atoms with E-state index in [1.807, 2.05) is 42.1 Å². The molecule has 0 unspecified atom stereocenters. The first-order valence-electron chi connectivity index (χ1n) is 6.92. The molecule has 0 amide bonds. The molecule has 0 radical (unpaired) electrons. The van der Waals surface area contributed by atoms with Crippen LogP contribution in [-0.2, 0) is 0 Å². The average molecular weight is 299 g/mol. The molecule has 21 heavy (non-hydrogen) atoms. The molecule has 1 fully saturated rings. The molecule has 1 aromatic carbocycles. The molecular formula is C16H17N3OS. The van der Waals surface area contributed by atoms with Gasteiger partial charge in [-0.3, -0.25) is 0 Å². The van der Waals surface area contributed by atoms with Gasteiger partial charge in [0.05, 0.1) is 12.7 Å². The number of methoxy groups -OCH3 is 1. The minimum absolute atomic E-state index is 0.715. The lowest BCUT2D eigenvalue weighted by Crippen LogP contribution is -2.33. The number of anilines is 1. The molecule has 5 heteroatoms. The van der Waals surface area contributed by atoms with Crippen molar-refractivity contribution in [1.29, 1.82) is 5.26 Å². The number of rotatable bonds is 3. The lowest BCUT2D eigenvalue weighted by molar-refractivity contribution is 0.415. The van der Waals surface area contributed by atoms with Crippen LogP contribution in [0, 0.1) is 11.3 Å². The van der Waals surface area contributed by atoms with Crippen LogP contribution in [0.2, 0.25) is 0 Å². The zero-order valence-corrected chi connectivity index (χ0v) is 12.7. The van der Waals surface area contributed by atoms with Gasteiger partial charge in [-0.1, -0.05) is 0 Å². The van der Waals surface area contributed by atoms with E-state index in [9.17, 15) is 5.26 Å². The second-order valence-electron chi connectivity index (χ2n) is 4.89. The van der Waals surface area contributed by atoms with E-state index in [1.54, 1.807) is 7.11 Å². The van der Waals surface area contributed by atoms with Crippen molar-refractivity contribution in [2.24, 2.45) is 0 Å². The zero-order chi connectivity index (χ0) is 14.7. The molecule has 2 aromatic rings. The highest BCUT2D eigenvalue weighted by atomic mass is 32.2. The third-order valence-electron chi connectivity index (χ3n) is 3.65. The van der Waals surface area contributed by atoms with Crippen LogP contribution < -0.4 is 9.64 Å². The van der Waals surface area contributed by atoms with Gasteiger partial charge in [-0.15, -0.1) is 0 Å². The third-order valence-corrected chi connectivity index (χ3v) is 4.59. The topological polar surface area (TPSA) is 52.0 Å². The van der Waals surface area contributed by atoms with Crippen molar-refractivity contribution in [2.75, 3.05) is 36.6 Å². The van der Waals surface area contributed by atoms with Crippen molar-refractivity contribution < 1.29 is 4.74 Å². The van der Waals surface area contributed by atoms with E-state index in [1.165, 1.54) is 0 Å². The van der Waals surface area contributed by atoms with Crippen LogP contribution in [0.25, 0.3) is 11.3 Å². The summed E-state index contributed by atoms with van der Waals surface area (Å²) in [6.07, 6.45) is 0. The molecule has 1 saturated heterocycles. The van der Waals surface area contributed by atoms with Crippen molar-refractivity contribution in [2.45, 2.75) is 0 Å². The summed E-state index contributed by atoms with van der Waals surface area (Å²) >= 11 is 1.96. The van der Waals surface area contributed by atoms with Gasteiger partial charge in [-0.2, -0.15) is 17.0 Å². The van der Waals surface area contributed by atoms with Crippen molar-refractivity contribution in [3.63, 3.8) is 0 Å². The standard InChI is InChI=1S/C16H17N3OS/c1-20-14-4-2-12(3-5-14)15-10-13(11-17)16(18-15)19-6-8-21-9-7-19/h2-5,10,18H,6-9H2,1H3. The van der Waals surface area contributed by atoms with Crippen LogP contribution in [0.5, 0.6) is 5.75 Å². The summed E-state index contributed by atoms with van der Waals surface area (Å²) in [5, 5.41) is 9.37. The SMILES string of the molecule is COc1ccc(-c2cc(C#N)c(N3CCSCC3)[nH]2)cc1. The van der Waals surface area contributed by atoms with Gasteiger partial charge >= 0.3 is 0 Å². The van der Waals surface area contributed by atoms with Crippen molar-refractivity contribution in [3.8, 4) is 23.1 Å². The fourth-order valence-electron chi connectivity index (χ4n) is 2.49. The van der Waals surface area contributed by atoms with Gasteiger partial charge in [0.2, 0.25) is 0 Å². The molecule has 0 aliphatic carbocycles. The van der Waals surface area contributed by atoms with Crippen LogP contribution >= 0.6 is 11.8 Å². The molecule has 0 spiro atoms. The number of thioether (sulfide) groups is 1. The number of aromatic nitrogens is 1. The predicted octanol–water partition coefficient (Wildman–Crippen LogP) is 3.12. The molecule has 3 rings (SSSR count). The molecule has 0 saturated carbocycles. The number of hydrogen-bond donors (Lipinski definition) is 1. The fourth-order valence-corrected chi connectivity index (χ4v) is 3.39. The molecule has 2 heterocycles. The lowest BCUT2D eigenvalue weighted by atomic mass is 10.1. The van der Waals surface area contributed by atoms with Gasteiger partial charge in [0.1, 0.15) is 17.6 Å². The Morgan fingerprint density at radius 3 is 2.57 bits per heavy atom. The van der Waals surface area contributed by atoms with E-state index in [0.717, 1.165) is 47.4 Å². The Balaban J connectivity index is 1.92. The molecular weight excluding hydrogens is 282 g/mol. The number of hydrogen-bond acceptors (Lipinski definition) is 4. The summed E-state index contributed by atoms with van der Waals surface area (Å²) in [6, 6.07) is 12.1. The highest BCUT2D eigenvalue weighted by Gasteiger charge is 2.18. The summed E-state index contributed by atoms with van der Waals surface area (Å²) in [7, 11) is 1.66.